The van der Waals surface area contributed by atoms with Crippen molar-refractivity contribution in [2.45, 2.75) is 60.3 Å². The molecule has 0 amide bonds. The van der Waals surface area contributed by atoms with Crippen molar-refractivity contribution in [1.82, 2.24) is 20.4 Å². The molecule has 7 nitrogen and oxygen atoms in total. The Labute approximate surface area is 203 Å². The lowest BCUT2D eigenvalue weighted by Gasteiger charge is -2.17. The third kappa shape index (κ3) is 9.47. The van der Waals surface area contributed by atoms with Crippen LogP contribution < -0.4 is 15.4 Å². The van der Waals surface area contributed by atoms with Crippen molar-refractivity contribution < 1.29 is 9.84 Å². The van der Waals surface area contributed by atoms with Crippen molar-refractivity contribution in [3.63, 3.8) is 0 Å². The minimum absolute atomic E-state index is 0. The van der Waals surface area contributed by atoms with Gasteiger partial charge in [0.25, 0.3) is 0 Å². The minimum atomic E-state index is -0.630. The van der Waals surface area contributed by atoms with Gasteiger partial charge in [0.15, 0.2) is 5.96 Å². The van der Waals surface area contributed by atoms with E-state index in [4.69, 9.17) is 4.74 Å². The number of nitrogens with zero attached hydrogens (tertiary/aromatic N) is 3. The second-order valence-corrected chi connectivity index (χ2v) is 8.07. The molecule has 0 aliphatic rings. The topological polar surface area (TPSA) is 83.7 Å². The molecule has 31 heavy (non-hydrogen) atoms. The summed E-state index contributed by atoms with van der Waals surface area (Å²) in [6, 6.07) is 9.65. The number of ether oxygens (including phenoxy) is 1. The molecule has 0 aliphatic carbocycles. The molecule has 1 aromatic heterocycles. The Kier molecular flexibility index (Phi) is 11.9. The number of benzene rings is 1. The van der Waals surface area contributed by atoms with Gasteiger partial charge in [0.1, 0.15) is 5.75 Å². The van der Waals surface area contributed by atoms with Crippen molar-refractivity contribution in [2.24, 2.45) is 10.9 Å². The second kappa shape index (κ2) is 13.6. The highest BCUT2D eigenvalue weighted by Gasteiger charge is 2.11. The van der Waals surface area contributed by atoms with Crippen LogP contribution in [0.5, 0.6) is 5.75 Å². The Balaban J connectivity index is 0.00000480. The predicted molar refractivity (Wildman–Crippen MR) is 137 cm³/mol. The summed E-state index contributed by atoms with van der Waals surface area (Å²) in [5, 5.41) is 21.5. The van der Waals surface area contributed by atoms with E-state index in [-0.39, 0.29) is 30.1 Å². The lowest BCUT2D eigenvalue weighted by molar-refractivity contribution is 0.180. The van der Waals surface area contributed by atoms with Gasteiger partial charge in [-0.2, -0.15) is 5.10 Å². The number of aryl methyl sites for hydroxylation is 2. The smallest absolute Gasteiger partial charge is 0.191 e. The fourth-order valence-corrected chi connectivity index (χ4v) is 3.15. The van der Waals surface area contributed by atoms with E-state index in [9.17, 15) is 5.11 Å². The molecule has 0 fully saturated rings. The maximum Gasteiger partial charge on any atom is 0.191 e. The Morgan fingerprint density at radius 3 is 2.39 bits per heavy atom. The maximum absolute atomic E-state index is 10.5. The van der Waals surface area contributed by atoms with E-state index in [2.05, 4.69) is 40.6 Å². The molecule has 174 valence electrons. The second-order valence-electron chi connectivity index (χ2n) is 8.07. The molecule has 8 heteroatoms. The number of guanidine groups is 1. The lowest BCUT2D eigenvalue weighted by Crippen LogP contribution is -2.39. The zero-order chi connectivity index (χ0) is 22.1. The molecule has 0 saturated carbocycles. The van der Waals surface area contributed by atoms with E-state index in [1.54, 1.807) is 0 Å². The molecule has 1 heterocycles. The van der Waals surface area contributed by atoms with Crippen LogP contribution in [0.3, 0.4) is 0 Å². The van der Waals surface area contributed by atoms with Crippen LogP contribution in [0.25, 0.3) is 0 Å². The van der Waals surface area contributed by atoms with Crippen LogP contribution in [0.1, 0.15) is 50.8 Å². The first-order valence-corrected chi connectivity index (χ1v) is 10.8. The van der Waals surface area contributed by atoms with Gasteiger partial charge >= 0.3 is 0 Å². The highest BCUT2D eigenvalue weighted by Crippen LogP contribution is 2.18. The maximum atomic E-state index is 10.5. The third-order valence-electron chi connectivity index (χ3n) is 4.59. The highest BCUT2D eigenvalue weighted by atomic mass is 127. The van der Waals surface area contributed by atoms with E-state index in [0.717, 1.165) is 30.1 Å². The van der Waals surface area contributed by atoms with Crippen LogP contribution in [0.15, 0.2) is 35.3 Å². The summed E-state index contributed by atoms with van der Waals surface area (Å²) in [4.78, 5) is 4.68. The van der Waals surface area contributed by atoms with Gasteiger partial charge in [0.2, 0.25) is 0 Å². The van der Waals surface area contributed by atoms with Gasteiger partial charge in [-0.25, -0.2) is 0 Å². The highest BCUT2D eigenvalue weighted by molar-refractivity contribution is 14.0. The average molecular weight is 543 g/mol. The number of aliphatic hydroxyl groups is 1. The number of halogens is 1. The van der Waals surface area contributed by atoms with Crippen molar-refractivity contribution in [3.05, 3.63) is 47.3 Å². The van der Waals surface area contributed by atoms with Gasteiger partial charge < -0.3 is 20.5 Å². The lowest BCUT2D eigenvalue weighted by atomic mass is 10.1. The zero-order valence-corrected chi connectivity index (χ0v) is 21.9. The first-order valence-electron chi connectivity index (χ1n) is 10.8. The van der Waals surface area contributed by atoms with Gasteiger partial charge in [-0.05, 0) is 64.3 Å². The van der Waals surface area contributed by atoms with Crippen LogP contribution >= 0.6 is 24.0 Å². The number of aliphatic hydroxyl groups excluding tert-OH is 1. The monoisotopic (exact) mass is 543 g/mol. The summed E-state index contributed by atoms with van der Waals surface area (Å²) >= 11 is 0. The molecule has 0 aliphatic heterocycles. The fraction of sp³-hybridized carbons (Fsp3) is 0.565. The third-order valence-corrected chi connectivity index (χ3v) is 4.59. The Morgan fingerprint density at radius 1 is 1.16 bits per heavy atom. The van der Waals surface area contributed by atoms with Gasteiger partial charge in [-0.1, -0.05) is 19.1 Å². The van der Waals surface area contributed by atoms with Crippen LogP contribution in [-0.2, 0) is 6.54 Å². The van der Waals surface area contributed by atoms with Crippen molar-refractivity contribution in [2.75, 3.05) is 19.6 Å². The Bertz CT molecular complexity index is 805. The summed E-state index contributed by atoms with van der Waals surface area (Å²) in [7, 11) is 0. The molecule has 1 aromatic carbocycles. The number of hydrogen-bond acceptors (Lipinski definition) is 4. The fourth-order valence-electron chi connectivity index (χ4n) is 3.15. The summed E-state index contributed by atoms with van der Waals surface area (Å²) in [5.41, 5.74) is 3.05. The van der Waals surface area contributed by atoms with Crippen molar-refractivity contribution in [1.29, 1.82) is 0 Å². The van der Waals surface area contributed by atoms with Crippen LogP contribution in [0.2, 0.25) is 0 Å². The molecular weight excluding hydrogens is 505 g/mol. The van der Waals surface area contributed by atoms with Gasteiger partial charge in [-0.3, -0.25) is 9.67 Å². The molecule has 0 saturated heterocycles. The summed E-state index contributed by atoms with van der Waals surface area (Å²) < 4.78 is 7.69. The quantitative estimate of drug-likeness (QED) is 0.241. The molecule has 0 spiro atoms. The molecule has 2 aromatic rings. The summed E-state index contributed by atoms with van der Waals surface area (Å²) in [6.45, 7) is 14.9. The minimum Gasteiger partial charge on any atom is -0.491 e. The van der Waals surface area contributed by atoms with Crippen molar-refractivity contribution in [3.8, 4) is 5.75 Å². The van der Waals surface area contributed by atoms with Gasteiger partial charge in [0.05, 0.1) is 17.9 Å². The van der Waals surface area contributed by atoms with Crippen molar-refractivity contribution >= 4 is 29.9 Å². The molecule has 0 bridgehead atoms. The number of aromatic nitrogens is 2. The first kappa shape index (κ1) is 27.2. The predicted octanol–water partition coefficient (Wildman–Crippen LogP) is 3.83. The normalized spacial score (nSPS) is 13.5. The first-order chi connectivity index (χ1) is 14.3. The molecular formula is C23H38IN5O2. The zero-order valence-electron chi connectivity index (χ0n) is 19.6. The van der Waals surface area contributed by atoms with E-state index < -0.39 is 6.10 Å². The van der Waals surface area contributed by atoms with Gasteiger partial charge in [0, 0.05) is 31.9 Å². The van der Waals surface area contributed by atoms with Crippen LogP contribution in [0, 0.1) is 19.8 Å². The van der Waals surface area contributed by atoms with Crippen LogP contribution in [-0.4, -0.2) is 46.6 Å². The standard InChI is InChI=1S/C23H37N5O2.HI/c1-7-24-23(25-13-17(4)15-28-19(6)12-18(5)27-28)26-14-22(29)20-8-10-21(11-9-20)30-16(2)3;/h8-12,16-17,22,29H,7,13-15H2,1-6H3,(H2,24,25,26);1H. The number of nitrogens with one attached hydrogen (secondary N) is 2. The molecule has 3 N–H and O–H groups in total. The molecule has 2 atom stereocenters. The molecule has 2 rings (SSSR count). The van der Waals surface area contributed by atoms with E-state index in [1.165, 1.54) is 5.69 Å². The Morgan fingerprint density at radius 2 is 1.84 bits per heavy atom. The van der Waals surface area contributed by atoms with Crippen LogP contribution in [0.4, 0.5) is 0 Å². The van der Waals surface area contributed by atoms with Gasteiger partial charge in [-0.15, -0.1) is 24.0 Å². The van der Waals surface area contributed by atoms with E-state index in [1.807, 2.05) is 56.6 Å². The summed E-state index contributed by atoms with van der Waals surface area (Å²) in [5.74, 6) is 1.86. The van der Waals surface area contributed by atoms with E-state index in [0.29, 0.717) is 25.0 Å². The number of aliphatic imine (C=N–C) groups is 1. The Hall–Kier alpha value is -1.81. The SMILES string of the molecule is CCNC(=NCC(C)Cn1nc(C)cc1C)NCC(O)c1ccc(OC(C)C)cc1.I. The molecule has 2 unspecified atom stereocenters. The summed E-state index contributed by atoms with van der Waals surface area (Å²) in [6.07, 6.45) is -0.501. The van der Waals surface area contributed by atoms with E-state index >= 15 is 0 Å². The number of rotatable bonds is 10. The molecule has 0 radical (unpaired) electrons. The average Bonchev–Trinajstić information content (AvgIpc) is 3.00. The largest absolute Gasteiger partial charge is 0.491 e. The number of hydrogen-bond donors (Lipinski definition) is 3.